The number of aromatic nitrogens is 1. The van der Waals surface area contributed by atoms with Crippen molar-refractivity contribution >= 4 is 23.7 Å². The lowest BCUT2D eigenvalue weighted by molar-refractivity contribution is 0.172. The predicted molar refractivity (Wildman–Crippen MR) is 78.4 cm³/mol. The van der Waals surface area contributed by atoms with Gasteiger partial charge in [0.05, 0.1) is 11.2 Å². The van der Waals surface area contributed by atoms with Crippen LogP contribution in [0.15, 0.2) is 5.51 Å². The summed E-state index contributed by atoms with van der Waals surface area (Å²) in [5.74, 6) is 1.49. The summed E-state index contributed by atoms with van der Waals surface area (Å²) in [6.45, 7) is 4.36. The Morgan fingerprint density at radius 1 is 1.39 bits per heavy atom. The summed E-state index contributed by atoms with van der Waals surface area (Å²) in [5.41, 5.74) is 9.21. The predicted octanol–water partition coefficient (Wildman–Crippen LogP) is 2.61. The van der Waals surface area contributed by atoms with Crippen molar-refractivity contribution < 1.29 is 0 Å². The first kappa shape index (κ1) is 14.3. The average molecular weight is 288 g/mol. The number of nitrogens with two attached hydrogens (primary N) is 1. The fraction of sp³-hybridized carbons (Fsp3) is 0.769. The topological polar surface area (TPSA) is 42.1 Å². The van der Waals surface area contributed by atoms with Gasteiger partial charge in [0.2, 0.25) is 0 Å². The van der Waals surface area contributed by atoms with Gasteiger partial charge in [0, 0.05) is 23.9 Å². The first-order chi connectivity index (χ1) is 8.36. The van der Waals surface area contributed by atoms with Crippen molar-refractivity contribution in [1.29, 1.82) is 0 Å². The van der Waals surface area contributed by atoms with E-state index in [2.05, 4.69) is 9.88 Å². The minimum absolute atomic E-state index is 0. The van der Waals surface area contributed by atoms with E-state index in [9.17, 15) is 0 Å². The molecule has 2 fully saturated rings. The van der Waals surface area contributed by atoms with Crippen LogP contribution >= 0.6 is 23.7 Å². The summed E-state index contributed by atoms with van der Waals surface area (Å²) in [7, 11) is 0. The van der Waals surface area contributed by atoms with Crippen LogP contribution in [0, 0.1) is 5.92 Å². The third kappa shape index (κ3) is 3.23. The number of hydrogen-bond acceptors (Lipinski definition) is 4. The van der Waals surface area contributed by atoms with E-state index in [1.165, 1.54) is 49.3 Å². The highest BCUT2D eigenvalue weighted by Gasteiger charge is 2.29. The van der Waals surface area contributed by atoms with E-state index >= 15 is 0 Å². The molecule has 1 unspecified atom stereocenters. The highest BCUT2D eigenvalue weighted by Crippen LogP contribution is 2.42. The molecule has 1 aromatic rings. The van der Waals surface area contributed by atoms with Crippen LogP contribution in [0.4, 0.5) is 0 Å². The fourth-order valence-corrected chi connectivity index (χ4v) is 3.67. The lowest BCUT2D eigenvalue weighted by Gasteiger charge is -2.31. The Morgan fingerprint density at radius 2 is 2.22 bits per heavy atom. The van der Waals surface area contributed by atoms with Crippen molar-refractivity contribution in [2.45, 2.75) is 38.1 Å². The number of thiazole rings is 1. The molecule has 5 heteroatoms. The van der Waals surface area contributed by atoms with Crippen molar-refractivity contribution in [3.05, 3.63) is 16.1 Å². The van der Waals surface area contributed by atoms with Crippen LogP contribution in [0.5, 0.6) is 0 Å². The minimum Gasteiger partial charge on any atom is -0.330 e. The van der Waals surface area contributed by atoms with Gasteiger partial charge in [-0.2, -0.15) is 0 Å². The number of likely N-dealkylation sites (tertiary alicyclic amines) is 1. The van der Waals surface area contributed by atoms with Crippen molar-refractivity contribution in [3.63, 3.8) is 0 Å². The Kier molecular flexibility index (Phi) is 5.01. The fourth-order valence-electron chi connectivity index (χ4n) is 2.78. The zero-order valence-corrected chi connectivity index (χ0v) is 12.3. The number of rotatable bonds is 4. The van der Waals surface area contributed by atoms with Gasteiger partial charge in [-0.3, -0.25) is 4.90 Å². The maximum atomic E-state index is 5.79. The lowest BCUT2D eigenvalue weighted by Crippen LogP contribution is -2.37. The van der Waals surface area contributed by atoms with E-state index in [-0.39, 0.29) is 12.4 Å². The third-order valence-electron chi connectivity index (χ3n) is 3.94. The first-order valence-electron chi connectivity index (χ1n) is 6.71. The number of halogens is 1. The number of piperidine rings is 1. The standard InChI is InChI=1S/C13H21N3S.ClH/c14-6-10-2-1-5-16(7-10)8-12-13(11-3-4-11)15-9-17-12;/h9-11H,1-8,14H2;1H. The third-order valence-corrected chi connectivity index (χ3v) is 4.77. The van der Waals surface area contributed by atoms with Gasteiger partial charge in [0.15, 0.2) is 0 Å². The molecule has 1 saturated carbocycles. The zero-order valence-electron chi connectivity index (χ0n) is 10.7. The molecule has 1 aromatic heterocycles. The van der Waals surface area contributed by atoms with Gasteiger partial charge in [0.1, 0.15) is 0 Å². The van der Waals surface area contributed by atoms with Crippen LogP contribution in [0.2, 0.25) is 0 Å². The van der Waals surface area contributed by atoms with Gasteiger partial charge in [-0.1, -0.05) is 0 Å². The summed E-state index contributed by atoms with van der Waals surface area (Å²) in [6, 6.07) is 0. The van der Waals surface area contributed by atoms with Crippen LogP contribution in [-0.2, 0) is 6.54 Å². The van der Waals surface area contributed by atoms with Gasteiger partial charge < -0.3 is 5.73 Å². The van der Waals surface area contributed by atoms with Gasteiger partial charge in [-0.15, -0.1) is 23.7 Å². The van der Waals surface area contributed by atoms with Crippen LogP contribution in [-0.4, -0.2) is 29.5 Å². The molecule has 0 aromatic carbocycles. The molecule has 102 valence electrons. The zero-order chi connectivity index (χ0) is 11.7. The van der Waals surface area contributed by atoms with Crippen LogP contribution in [0.3, 0.4) is 0 Å². The monoisotopic (exact) mass is 287 g/mol. The van der Waals surface area contributed by atoms with Crippen LogP contribution in [0.25, 0.3) is 0 Å². The summed E-state index contributed by atoms with van der Waals surface area (Å²) in [6.07, 6.45) is 5.31. The van der Waals surface area contributed by atoms with Crippen LogP contribution in [0.1, 0.15) is 42.2 Å². The molecule has 2 heterocycles. The van der Waals surface area contributed by atoms with E-state index < -0.39 is 0 Å². The molecular weight excluding hydrogens is 266 g/mol. The highest BCUT2D eigenvalue weighted by atomic mass is 35.5. The molecule has 3 rings (SSSR count). The summed E-state index contributed by atoms with van der Waals surface area (Å²) in [4.78, 5) is 8.62. The van der Waals surface area contributed by atoms with Gasteiger partial charge in [-0.05, 0) is 44.7 Å². The largest absolute Gasteiger partial charge is 0.330 e. The Bertz CT molecular complexity index is 378. The van der Waals surface area contributed by atoms with Gasteiger partial charge in [-0.25, -0.2) is 4.98 Å². The average Bonchev–Trinajstić information content (AvgIpc) is 3.11. The van der Waals surface area contributed by atoms with E-state index in [0.29, 0.717) is 5.92 Å². The minimum atomic E-state index is 0. The van der Waals surface area contributed by atoms with Crippen molar-refractivity contribution in [2.75, 3.05) is 19.6 Å². The van der Waals surface area contributed by atoms with E-state index in [4.69, 9.17) is 5.73 Å². The van der Waals surface area contributed by atoms with Gasteiger partial charge in [0.25, 0.3) is 0 Å². The normalized spacial score (nSPS) is 24.8. The van der Waals surface area contributed by atoms with Crippen molar-refractivity contribution in [3.8, 4) is 0 Å². The first-order valence-corrected chi connectivity index (χ1v) is 7.59. The van der Waals surface area contributed by atoms with Gasteiger partial charge >= 0.3 is 0 Å². The molecule has 0 radical (unpaired) electrons. The van der Waals surface area contributed by atoms with E-state index in [1.807, 2.05) is 16.8 Å². The SMILES string of the molecule is Cl.NCC1CCCN(Cc2scnc2C2CC2)C1. The molecule has 0 amide bonds. The van der Waals surface area contributed by atoms with Crippen molar-refractivity contribution in [2.24, 2.45) is 11.7 Å². The molecule has 3 nitrogen and oxygen atoms in total. The second kappa shape index (κ2) is 6.33. The Morgan fingerprint density at radius 3 is 2.94 bits per heavy atom. The Labute approximate surface area is 119 Å². The molecule has 18 heavy (non-hydrogen) atoms. The second-order valence-corrected chi connectivity index (χ2v) is 6.35. The maximum Gasteiger partial charge on any atom is 0.0798 e. The van der Waals surface area contributed by atoms with Crippen LogP contribution < -0.4 is 5.73 Å². The van der Waals surface area contributed by atoms with E-state index in [1.54, 1.807) is 0 Å². The summed E-state index contributed by atoms with van der Waals surface area (Å²) in [5, 5.41) is 0. The number of hydrogen-bond donors (Lipinski definition) is 1. The Hall–Kier alpha value is -0.160. The molecular formula is C13H22ClN3S. The Balaban J connectivity index is 0.00000120. The quantitative estimate of drug-likeness (QED) is 0.926. The van der Waals surface area contributed by atoms with Crippen molar-refractivity contribution in [1.82, 2.24) is 9.88 Å². The number of nitrogens with zero attached hydrogens (tertiary/aromatic N) is 2. The molecule has 1 saturated heterocycles. The summed E-state index contributed by atoms with van der Waals surface area (Å²) < 4.78 is 0. The molecule has 1 atom stereocenters. The molecule has 0 spiro atoms. The van der Waals surface area contributed by atoms with E-state index in [0.717, 1.165) is 19.0 Å². The summed E-state index contributed by atoms with van der Waals surface area (Å²) >= 11 is 1.84. The molecule has 0 bridgehead atoms. The lowest BCUT2D eigenvalue weighted by atomic mass is 9.98. The molecule has 1 aliphatic heterocycles. The highest BCUT2D eigenvalue weighted by molar-refractivity contribution is 7.09. The molecule has 2 N–H and O–H groups in total. The smallest absolute Gasteiger partial charge is 0.0798 e. The molecule has 1 aliphatic carbocycles. The second-order valence-electron chi connectivity index (χ2n) is 5.41. The maximum absolute atomic E-state index is 5.79. The molecule has 2 aliphatic rings.